The number of fused-ring (bicyclic) bond motifs is 2. The highest BCUT2D eigenvalue weighted by Gasteiger charge is 2.49. The van der Waals surface area contributed by atoms with Crippen LogP contribution in [-0.4, -0.2) is 61.3 Å². The fourth-order valence-corrected chi connectivity index (χ4v) is 6.27. The van der Waals surface area contributed by atoms with Gasteiger partial charge in [0.15, 0.2) is 0 Å². The van der Waals surface area contributed by atoms with Crippen LogP contribution in [0.5, 0.6) is 0 Å². The van der Waals surface area contributed by atoms with Crippen molar-refractivity contribution in [3.05, 3.63) is 29.3 Å². The molecular formula is C17H19F6N5O3S. The number of amides is 1. The van der Waals surface area contributed by atoms with E-state index < -0.39 is 56.5 Å². The maximum atomic E-state index is 13.2. The van der Waals surface area contributed by atoms with Gasteiger partial charge in [-0.15, -0.1) is 0 Å². The summed E-state index contributed by atoms with van der Waals surface area (Å²) >= 11 is 0. The number of sulfonamides is 1. The number of carbonyl (C=O) groups excluding carboxylic acids is 1. The molecule has 8 nitrogen and oxygen atoms in total. The number of halogens is 6. The van der Waals surface area contributed by atoms with Gasteiger partial charge in [0, 0.05) is 31.7 Å². The third-order valence-corrected chi connectivity index (χ3v) is 7.79. The van der Waals surface area contributed by atoms with Crippen LogP contribution in [0.1, 0.15) is 24.0 Å². The zero-order valence-corrected chi connectivity index (χ0v) is 17.1. The normalized spacial score (nSPS) is 27.2. The highest BCUT2D eigenvalue weighted by atomic mass is 32.2. The molecule has 3 fully saturated rings. The van der Waals surface area contributed by atoms with Crippen molar-refractivity contribution in [2.75, 3.05) is 19.6 Å². The molecule has 1 aromatic carbocycles. The van der Waals surface area contributed by atoms with E-state index in [1.807, 2.05) is 0 Å². The summed E-state index contributed by atoms with van der Waals surface area (Å²) in [7, 11) is -4.68. The third kappa shape index (κ3) is 4.19. The van der Waals surface area contributed by atoms with Gasteiger partial charge in [0.2, 0.25) is 15.9 Å². The maximum Gasteiger partial charge on any atom is 0.416 e. The second-order valence-electron chi connectivity index (χ2n) is 7.91. The van der Waals surface area contributed by atoms with Gasteiger partial charge in [-0.3, -0.25) is 4.79 Å². The Hall–Kier alpha value is -1.94. The molecule has 3 aliphatic rings. The predicted molar refractivity (Wildman–Crippen MR) is 96.9 cm³/mol. The molecule has 3 atom stereocenters. The second kappa shape index (κ2) is 7.83. The number of alkyl halides is 6. The number of hydrogen-bond acceptors (Lipinski definition) is 6. The second-order valence-corrected chi connectivity index (χ2v) is 9.75. The van der Waals surface area contributed by atoms with Gasteiger partial charge in [0.05, 0.1) is 16.0 Å². The van der Waals surface area contributed by atoms with Crippen LogP contribution in [0.2, 0.25) is 0 Å². The number of hydrogen-bond donors (Lipinski definition) is 3. The van der Waals surface area contributed by atoms with Crippen molar-refractivity contribution in [3.63, 3.8) is 0 Å². The fraction of sp³-hybridized carbons (Fsp3) is 0.588. The number of carbonyl (C=O) groups is 1. The summed E-state index contributed by atoms with van der Waals surface area (Å²) in [4.78, 5) is 13.0. The van der Waals surface area contributed by atoms with Crippen LogP contribution in [0.3, 0.4) is 0 Å². The summed E-state index contributed by atoms with van der Waals surface area (Å²) in [5.41, 5.74) is 4.63. The minimum atomic E-state index is -5.16. The summed E-state index contributed by atoms with van der Waals surface area (Å²) < 4.78 is 106. The van der Waals surface area contributed by atoms with Gasteiger partial charge in [0.25, 0.3) is 0 Å². The number of nitrogens with one attached hydrogen (secondary N) is 3. The van der Waals surface area contributed by atoms with Gasteiger partial charge in [-0.1, -0.05) is 0 Å². The Bertz CT molecular complexity index is 963. The molecule has 178 valence electrons. The minimum Gasteiger partial charge on any atom is -0.338 e. The molecule has 3 aliphatic heterocycles. The van der Waals surface area contributed by atoms with E-state index in [-0.39, 0.29) is 37.2 Å². The van der Waals surface area contributed by atoms with Gasteiger partial charge in [-0.05, 0) is 31.0 Å². The number of benzene rings is 1. The van der Waals surface area contributed by atoms with Crippen LogP contribution < -0.4 is 16.4 Å². The quantitative estimate of drug-likeness (QED) is 0.553. The van der Waals surface area contributed by atoms with E-state index >= 15 is 0 Å². The first kappa shape index (κ1) is 23.2. The Morgan fingerprint density at radius 3 is 1.91 bits per heavy atom. The molecule has 0 aliphatic carbocycles. The van der Waals surface area contributed by atoms with E-state index in [9.17, 15) is 39.6 Å². The smallest absolute Gasteiger partial charge is 0.338 e. The van der Waals surface area contributed by atoms with Crippen molar-refractivity contribution < 1.29 is 39.6 Å². The zero-order valence-electron chi connectivity index (χ0n) is 16.3. The van der Waals surface area contributed by atoms with Crippen molar-refractivity contribution >= 4 is 15.9 Å². The Balaban J connectivity index is 1.65. The van der Waals surface area contributed by atoms with Gasteiger partial charge in [-0.2, -0.15) is 36.2 Å². The Labute approximate surface area is 178 Å². The van der Waals surface area contributed by atoms with Crippen LogP contribution in [0.25, 0.3) is 0 Å². The highest BCUT2D eigenvalue weighted by molar-refractivity contribution is 7.89. The summed E-state index contributed by atoms with van der Waals surface area (Å²) in [5, 5.41) is 0. The van der Waals surface area contributed by atoms with Crippen molar-refractivity contribution in [1.29, 1.82) is 0 Å². The van der Waals surface area contributed by atoms with Crippen LogP contribution in [0.4, 0.5) is 26.3 Å². The van der Waals surface area contributed by atoms with Gasteiger partial charge >= 0.3 is 12.4 Å². The lowest BCUT2D eigenvalue weighted by Crippen LogP contribution is -2.59. The zero-order chi connectivity index (χ0) is 23.5. The predicted octanol–water partition coefficient (Wildman–Crippen LogP) is 1.07. The van der Waals surface area contributed by atoms with E-state index in [1.54, 1.807) is 0 Å². The summed E-state index contributed by atoms with van der Waals surface area (Å²) in [6.07, 6.45) is -9.64. The largest absolute Gasteiger partial charge is 0.416 e. The maximum absolute atomic E-state index is 13.2. The monoisotopic (exact) mass is 487 g/mol. The van der Waals surface area contributed by atoms with E-state index in [4.69, 9.17) is 0 Å². The van der Waals surface area contributed by atoms with Crippen molar-refractivity contribution in [3.8, 4) is 0 Å². The Morgan fingerprint density at radius 2 is 1.47 bits per heavy atom. The first-order valence-corrected chi connectivity index (χ1v) is 11.1. The molecule has 1 amide bonds. The molecule has 15 heteroatoms. The van der Waals surface area contributed by atoms with E-state index in [0.29, 0.717) is 19.4 Å². The molecule has 0 saturated carbocycles. The average Bonchev–Trinajstić information content (AvgIpc) is 3.32. The highest BCUT2D eigenvalue weighted by Crippen LogP contribution is 2.40. The van der Waals surface area contributed by atoms with Gasteiger partial charge < -0.3 is 4.90 Å². The van der Waals surface area contributed by atoms with E-state index in [2.05, 4.69) is 16.4 Å². The molecule has 2 bridgehead atoms. The molecule has 1 aromatic rings. The summed E-state index contributed by atoms with van der Waals surface area (Å²) in [6, 6.07) is -1.72. The molecule has 0 spiro atoms. The SMILES string of the molecule is O=C(C1CNNN1)N1CC2CCC(C1)N2S(=O)(=O)c1cc(C(F)(F)F)cc(C(F)(F)F)c1. The van der Waals surface area contributed by atoms with Crippen molar-refractivity contribution in [2.24, 2.45) is 0 Å². The molecule has 3 heterocycles. The van der Waals surface area contributed by atoms with Crippen molar-refractivity contribution in [1.82, 2.24) is 25.6 Å². The van der Waals surface area contributed by atoms with Crippen LogP contribution >= 0.6 is 0 Å². The molecule has 3 saturated heterocycles. The number of nitrogens with zero attached hydrogens (tertiary/aromatic N) is 2. The topological polar surface area (TPSA) is 93.8 Å². The summed E-state index contributed by atoms with van der Waals surface area (Å²) in [5.74, 6) is -0.283. The number of rotatable bonds is 3. The molecule has 0 radical (unpaired) electrons. The van der Waals surface area contributed by atoms with Crippen LogP contribution in [-0.2, 0) is 27.2 Å². The number of hydrazine groups is 2. The minimum absolute atomic E-state index is 0.00215. The standard InChI is InChI=1S/C17H19F6N5O3S/c18-16(19,20)9-3-10(17(21,22)23)5-13(4-9)32(30,31)28-11-1-2-12(28)8-27(7-11)15(29)14-6-24-26-25-14/h3-5,11-12,14,24-26H,1-2,6-8H2. The molecule has 3 unspecified atom stereocenters. The lowest BCUT2D eigenvalue weighted by molar-refractivity contribution is -0.143. The third-order valence-electron chi connectivity index (χ3n) is 5.80. The number of piperazine rings is 1. The Kier molecular flexibility index (Phi) is 5.68. The molecule has 4 rings (SSSR count). The lowest BCUT2D eigenvalue weighted by Gasteiger charge is -2.40. The lowest BCUT2D eigenvalue weighted by atomic mass is 10.1. The first-order chi connectivity index (χ1) is 14.8. The first-order valence-electron chi connectivity index (χ1n) is 9.63. The Morgan fingerprint density at radius 1 is 0.938 bits per heavy atom. The number of likely N-dealkylation sites (tertiary alicyclic amines) is 1. The van der Waals surface area contributed by atoms with Crippen LogP contribution in [0.15, 0.2) is 23.1 Å². The van der Waals surface area contributed by atoms with Gasteiger partial charge in [0.1, 0.15) is 6.04 Å². The average molecular weight is 487 g/mol. The fourth-order valence-electron chi connectivity index (χ4n) is 4.35. The van der Waals surface area contributed by atoms with Crippen LogP contribution in [0, 0.1) is 0 Å². The molecule has 3 N–H and O–H groups in total. The van der Waals surface area contributed by atoms with E-state index in [0.717, 1.165) is 4.31 Å². The molecular weight excluding hydrogens is 468 g/mol. The van der Waals surface area contributed by atoms with E-state index in [1.165, 1.54) is 4.90 Å². The molecule has 32 heavy (non-hydrogen) atoms. The molecule has 0 aromatic heterocycles. The van der Waals surface area contributed by atoms with Gasteiger partial charge in [-0.25, -0.2) is 19.3 Å². The van der Waals surface area contributed by atoms with Crippen molar-refractivity contribution in [2.45, 2.75) is 48.2 Å². The summed E-state index contributed by atoms with van der Waals surface area (Å²) in [6.45, 7) is 0.298.